The zero-order valence-electron chi connectivity index (χ0n) is 5.74. The summed E-state index contributed by atoms with van der Waals surface area (Å²) >= 11 is 0. The molecule has 0 N–H and O–H groups in total. The highest BCUT2D eigenvalue weighted by atomic mass is 19.4. The molecule has 0 atom stereocenters. The molecule has 4 heteroatoms. The standard InChI is InChI=1S/C6H8F3N/c1-3-5(4-10-2)6(7,8)9/h3-4H,1-2H3/b5-3+,10-4?. The van der Waals surface area contributed by atoms with E-state index in [0.717, 1.165) is 12.3 Å². The van der Waals surface area contributed by atoms with Crippen LogP contribution in [0.4, 0.5) is 13.2 Å². The highest BCUT2D eigenvalue weighted by Crippen LogP contribution is 2.23. The Kier molecular flexibility index (Phi) is 3.12. The summed E-state index contributed by atoms with van der Waals surface area (Å²) in [5.41, 5.74) is -0.713. The van der Waals surface area contributed by atoms with Crippen LogP contribution in [-0.4, -0.2) is 19.4 Å². The lowest BCUT2D eigenvalue weighted by molar-refractivity contribution is -0.0857. The van der Waals surface area contributed by atoms with Crippen LogP contribution in [0.3, 0.4) is 0 Å². The fourth-order valence-electron chi connectivity index (χ4n) is 0.450. The molecular formula is C6H8F3N. The minimum atomic E-state index is -4.27. The van der Waals surface area contributed by atoms with E-state index in [1.165, 1.54) is 14.0 Å². The maximum atomic E-state index is 11.7. The summed E-state index contributed by atoms with van der Waals surface area (Å²) in [6, 6.07) is 0. The maximum absolute atomic E-state index is 11.7. The van der Waals surface area contributed by atoms with E-state index < -0.39 is 11.7 Å². The molecule has 0 fully saturated rings. The molecule has 0 aromatic carbocycles. The van der Waals surface area contributed by atoms with Crippen molar-refractivity contribution in [2.24, 2.45) is 4.99 Å². The quantitative estimate of drug-likeness (QED) is 0.509. The summed E-state index contributed by atoms with van der Waals surface area (Å²) in [5.74, 6) is 0. The lowest BCUT2D eigenvalue weighted by Gasteiger charge is -2.04. The molecule has 0 spiro atoms. The van der Waals surface area contributed by atoms with Crippen LogP contribution in [0.15, 0.2) is 16.6 Å². The van der Waals surface area contributed by atoms with Gasteiger partial charge in [0.2, 0.25) is 0 Å². The second-order valence-corrected chi connectivity index (χ2v) is 1.63. The minimum absolute atomic E-state index is 0.713. The fourth-order valence-corrected chi connectivity index (χ4v) is 0.450. The normalized spacial score (nSPS) is 14.7. The van der Waals surface area contributed by atoms with E-state index in [9.17, 15) is 13.2 Å². The summed E-state index contributed by atoms with van der Waals surface area (Å²) in [5, 5.41) is 0. The van der Waals surface area contributed by atoms with E-state index in [1.807, 2.05) is 0 Å². The van der Waals surface area contributed by atoms with Crippen LogP contribution < -0.4 is 0 Å². The van der Waals surface area contributed by atoms with E-state index in [4.69, 9.17) is 0 Å². The Morgan fingerprint density at radius 3 is 2.00 bits per heavy atom. The summed E-state index contributed by atoms with van der Waals surface area (Å²) in [6.07, 6.45) is -2.50. The number of hydrogen-bond donors (Lipinski definition) is 0. The van der Waals surface area contributed by atoms with Gasteiger partial charge in [-0.3, -0.25) is 4.99 Å². The molecule has 0 aliphatic heterocycles. The molecule has 0 aliphatic rings. The van der Waals surface area contributed by atoms with Gasteiger partial charge >= 0.3 is 6.18 Å². The second kappa shape index (κ2) is 3.39. The molecule has 0 unspecified atom stereocenters. The van der Waals surface area contributed by atoms with Gasteiger partial charge in [-0.15, -0.1) is 0 Å². The molecule has 0 radical (unpaired) electrons. The number of hydrogen-bond acceptors (Lipinski definition) is 1. The maximum Gasteiger partial charge on any atom is 0.417 e. The van der Waals surface area contributed by atoms with Gasteiger partial charge in [0.25, 0.3) is 0 Å². The van der Waals surface area contributed by atoms with Crippen LogP contribution in [-0.2, 0) is 0 Å². The monoisotopic (exact) mass is 151 g/mol. The summed E-state index contributed by atoms with van der Waals surface area (Å²) in [7, 11) is 1.30. The fraction of sp³-hybridized carbons (Fsp3) is 0.500. The lowest BCUT2D eigenvalue weighted by Crippen LogP contribution is -2.12. The minimum Gasteiger partial charge on any atom is -0.296 e. The summed E-state index contributed by atoms with van der Waals surface area (Å²) in [6.45, 7) is 1.32. The lowest BCUT2D eigenvalue weighted by atomic mass is 10.3. The van der Waals surface area contributed by atoms with Crippen molar-refractivity contribution < 1.29 is 13.2 Å². The predicted molar refractivity (Wildman–Crippen MR) is 34.2 cm³/mol. The molecule has 0 bridgehead atoms. The van der Waals surface area contributed by atoms with E-state index >= 15 is 0 Å². The molecule has 10 heavy (non-hydrogen) atoms. The van der Waals surface area contributed by atoms with Gasteiger partial charge < -0.3 is 0 Å². The smallest absolute Gasteiger partial charge is 0.296 e. The molecule has 0 aromatic rings. The van der Waals surface area contributed by atoms with Crippen LogP contribution in [0, 0.1) is 0 Å². The average Bonchev–Trinajstić information content (AvgIpc) is 1.80. The molecule has 0 saturated carbocycles. The van der Waals surface area contributed by atoms with Crippen molar-refractivity contribution in [3.63, 3.8) is 0 Å². The Labute approximate surface area is 57.3 Å². The van der Waals surface area contributed by atoms with Crippen LogP contribution in [0.2, 0.25) is 0 Å². The van der Waals surface area contributed by atoms with Crippen LogP contribution in [0.25, 0.3) is 0 Å². The number of allylic oxidation sites excluding steroid dienone is 2. The van der Waals surface area contributed by atoms with Crippen molar-refractivity contribution >= 4 is 6.21 Å². The van der Waals surface area contributed by atoms with Gasteiger partial charge in [0.05, 0.1) is 5.57 Å². The molecule has 0 saturated heterocycles. The van der Waals surface area contributed by atoms with E-state index in [1.54, 1.807) is 0 Å². The zero-order chi connectivity index (χ0) is 8.20. The predicted octanol–water partition coefficient (Wildman–Crippen LogP) is 2.20. The molecule has 1 nitrogen and oxygen atoms in total. The number of aliphatic imine (C=N–C) groups is 1. The van der Waals surface area contributed by atoms with Crippen molar-refractivity contribution in [3.8, 4) is 0 Å². The molecule has 0 aromatic heterocycles. The molecular weight excluding hydrogens is 143 g/mol. The van der Waals surface area contributed by atoms with Gasteiger partial charge in [-0.2, -0.15) is 13.2 Å². The van der Waals surface area contributed by atoms with Gasteiger partial charge in [-0.05, 0) is 6.92 Å². The highest BCUT2D eigenvalue weighted by Gasteiger charge is 2.31. The van der Waals surface area contributed by atoms with Crippen molar-refractivity contribution in [1.82, 2.24) is 0 Å². The number of halogens is 3. The van der Waals surface area contributed by atoms with Gasteiger partial charge in [0.15, 0.2) is 0 Å². The molecule has 0 aliphatic carbocycles. The highest BCUT2D eigenvalue weighted by molar-refractivity contribution is 5.79. The Bertz CT molecular complexity index is 155. The summed E-state index contributed by atoms with van der Waals surface area (Å²) in [4.78, 5) is 3.26. The molecule has 58 valence electrons. The average molecular weight is 151 g/mol. The van der Waals surface area contributed by atoms with E-state index in [0.29, 0.717) is 0 Å². The first-order valence-corrected chi connectivity index (χ1v) is 2.68. The van der Waals surface area contributed by atoms with Gasteiger partial charge in [-0.25, -0.2) is 0 Å². The SMILES string of the molecule is C/C=C(\C=NC)C(F)(F)F. The number of rotatable bonds is 1. The largest absolute Gasteiger partial charge is 0.417 e. The molecule has 0 heterocycles. The third-order valence-corrected chi connectivity index (χ3v) is 0.907. The van der Waals surface area contributed by atoms with Crippen molar-refractivity contribution in [2.45, 2.75) is 13.1 Å². The number of alkyl halides is 3. The van der Waals surface area contributed by atoms with E-state index in [2.05, 4.69) is 4.99 Å². The molecule has 0 rings (SSSR count). The van der Waals surface area contributed by atoms with Crippen molar-refractivity contribution in [1.29, 1.82) is 0 Å². The Balaban J connectivity index is 4.39. The third kappa shape index (κ3) is 2.66. The first kappa shape index (κ1) is 9.20. The van der Waals surface area contributed by atoms with Gasteiger partial charge in [-0.1, -0.05) is 6.08 Å². The Morgan fingerprint density at radius 1 is 1.40 bits per heavy atom. The Hall–Kier alpha value is -0.800. The van der Waals surface area contributed by atoms with Crippen LogP contribution >= 0.6 is 0 Å². The van der Waals surface area contributed by atoms with Crippen LogP contribution in [0.5, 0.6) is 0 Å². The van der Waals surface area contributed by atoms with Crippen molar-refractivity contribution in [2.75, 3.05) is 7.05 Å². The second-order valence-electron chi connectivity index (χ2n) is 1.63. The first-order chi connectivity index (χ1) is 4.52. The van der Waals surface area contributed by atoms with Gasteiger partial charge in [0, 0.05) is 13.3 Å². The van der Waals surface area contributed by atoms with Crippen molar-refractivity contribution in [3.05, 3.63) is 11.6 Å². The topological polar surface area (TPSA) is 12.4 Å². The Morgan fingerprint density at radius 2 is 1.90 bits per heavy atom. The summed E-state index contributed by atoms with van der Waals surface area (Å²) < 4.78 is 35.2. The van der Waals surface area contributed by atoms with Gasteiger partial charge in [0.1, 0.15) is 0 Å². The molecule has 0 amide bonds. The van der Waals surface area contributed by atoms with Crippen LogP contribution in [0.1, 0.15) is 6.92 Å². The number of nitrogens with zero attached hydrogens (tertiary/aromatic N) is 1. The first-order valence-electron chi connectivity index (χ1n) is 2.68. The third-order valence-electron chi connectivity index (χ3n) is 0.907. The zero-order valence-corrected chi connectivity index (χ0v) is 5.74. The van der Waals surface area contributed by atoms with E-state index in [-0.39, 0.29) is 0 Å².